The second-order valence-electron chi connectivity index (χ2n) is 3.50. The van der Waals surface area contributed by atoms with Gasteiger partial charge in [-0.05, 0) is 17.9 Å². The number of hydrogen-bond donors (Lipinski definition) is 0. The summed E-state index contributed by atoms with van der Waals surface area (Å²) >= 11 is 0. The summed E-state index contributed by atoms with van der Waals surface area (Å²) in [5.41, 5.74) is 1.57. The van der Waals surface area contributed by atoms with E-state index in [1.807, 2.05) is 0 Å². The van der Waals surface area contributed by atoms with E-state index in [9.17, 15) is 4.79 Å². The van der Waals surface area contributed by atoms with Gasteiger partial charge in [-0.15, -0.1) is 0 Å². The average Bonchev–Trinajstić information content (AvgIpc) is 2.17. The maximum Gasteiger partial charge on any atom is 0.166 e. The van der Waals surface area contributed by atoms with Crippen molar-refractivity contribution < 1.29 is 4.79 Å². The Morgan fingerprint density at radius 2 is 2.00 bits per heavy atom. The normalized spacial score (nSPS) is 25.4. The minimum Gasteiger partial charge on any atom is -0.294 e. The zero-order chi connectivity index (χ0) is 8.59. The molecule has 0 aromatic rings. The standard InChI is InChI=1S/C10H14O/c1-6(2)9-5-7(3)8(4)10(9)11/h6,9H,3-5H2,1-2H3. The summed E-state index contributed by atoms with van der Waals surface area (Å²) in [5, 5.41) is 0. The van der Waals surface area contributed by atoms with Crippen molar-refractivity contribution in [1.82, 2.24) is 0 Å². The molecule has 1 heteroatoms. The Morgan fingerprint density at radius 1 is 1.45 bits per heavy atom. The molecule has 1 aliphatic carbocycles. The van der Waals surface area contributed by atoms with Crippen LogP contribution in [0, 0.1) is 11.8 Å². The van der Waals surface area contributed by atoms with Crippen LogP contribution in [-0.4, -0.2) is 5.78 Å². The van der Waals surface area contributed by atoms with Crippen molar-refractivity contribution in [1.29, 1.82) is 0 Å². The molecule has 1 unspecified atom stereocenters. The Labute approximate surface area is 67.8 Å². The molecule has 0 aromatic carbocycles. The molecule has 1 rings (SSSR count). The molecular formula is C10H14O. The lowest BCUT2D eigenvalue weighted by Crippen LogP contribution is -2.13. The summed E-state index contributed by atoms with van der Waals surface area (Å²) in [5.74, 6) is 0.762. The van der Waals surface area contributed by atoms with Gasteiger partial charge >= 0.3 is 0 Å². The first-order valence-corrected chi connectivity index (χ1v) is 3.95. The first-order valence-electron chi connectivity index (χ1n) is 3.95. The Hall–Kier alpha value is -0.850. The number of rotatable bonds is 1. The van der Waals surface area contributed by atoms with E-state index in [0.29, 0.717) is 11.5 Å². The monoisotopic (exact) mass is 150 g/mol. The number of carbonyl (C=O) groups excluding carboxylic acids is 1. The van der Waals surface area contributed by atoms with Gasteiger partial charge in [0.15, 0.2) is 5.78 Å². The molecule has 0 aromatic heterocycles. The molecule has 60 valence electrons. The average molecular weight is 150 g/mol. The lowest BCUT2D eigenvalue weighted by Gasteiger charge is -2.09. The highest BCUT2D eigenvalue weighted by Crippen LogP contribution is 2.34. The fourth-order valence-corrected chi connectivity index (χ4v) is 1.42. The van der Waals surface area contributed by atoms with Crippen LogP contribution in [0.25, 0.3) is 0 Å². The molecule has 0 heterocycles. The van der Waals surface area contributed by atoms with Crippen molar-refractivity contribution in [3.8, 4) is 0 Å². The van der Waals surface area contributed by atoms with Crippen LogP contribution in [-0.2, 0) is 4.79 Å². The topological polar surface area (TPSA) is 17.1 Å². The van der Waals surface area contributed by atoms with Gasteiger partial charge in [-0.1, -0.05) is 27.0 Å². The molecular weight excluding hydrogens is 136 g/mol. The molecule has 1 aliphatic rings. The van der Waals surface area contributed by atoms with E-state index in [0.717, 1.165) is 12.0 Å². The van der Waals surface area contributed by atoms with E-state index < -0.39 is 0 Å². The van der Waals surface area contributed by atoms with Gasteiger partial charge in [-0.25, -0.2) is 0 Å². The van der Waals surface area contributed by atoms with E-state index in [2.05, 4.69) is 27.0 Å². The summed E-state index contributed by atoms with van der Waals surface area (Å²) in [7, 11) is 0. The zero-order valence-electron chi connectivity index (χ0n) is 7.18. The van der Waals surface area contributed by atoms with Crippen molar-refractivity contribution >= 4 is 5.78 Å². The van der Waals surface area contributed by atoms with Crippen LogP contribution < -0.4 is 0 Å². The molecule has 11 heavy (non-hydrogen) atoms. The van der Waals surface area contributed by atoms with E-state index in [1.165, 1.54) is 0 Å². The third kappa shape index (κ3) is 1.28. The highest BCUT2D eigenvalue weighted by molar-refractivity contribution is 6.03. The van der Waals surface area contributed by atoms with Gasteiger partial charge in [0.25, 0.3) is 0 Å². The molecule has 0 N–H and O–H groups in total. The summed E-state index contributed by atoms with van der Waals surface area (Å²) in [6.07, 6.45) is 0.815. The number of Topliss-reactive ketones (excluding diaryl/α,β-unsaturated/α-hetero) is 1. The number of carbonyl (C=O) groups is 1. The highest BCUT2D eigenvalue weighted by Gasteiger charge is 2.32. The Kier molecular flexibility index (Phi) is 1.99. The molecule has 0 radical (unpaired) electrons. The highest BCUT2D eigenvalue weighted by atomic mass is 16.1. The predicted molar refractivity (Wildman–Crippen MR) is 46.2 cm³/mol. The van der Waals surface area contributed by atoms with Crippen LogP contribution in [0.15, 0.2) is 24.3 Å². The fourth-order valence-electron chi connectivity index (χ4n) is 1.42. The smallest absolute Gasteiger partial charge is 0.166 e. The molecule has 1 fully saturated rings. The van der Waals surface area contributed by atoms with Crippen LogP contribution in [0.1, 0.15) is 20.3 Å². The minimum absolute atomic E-state index is 0.148. The van der Waals surface area contributed by atoms with Gasteiger partial charge in [0, 0.05) is 11.5 Å². The van der Waals surface area contributed by atoms with E-state index in [1.54, 1.807) is 0 Å². The van der Waals surface area contributed by atoms with E-state index in [4.69, 9.17) is 0 Å². The lowest BCUT2D eigenvalue weighted by molar-refractivity contribution is -0.118. The van der Waals surface area contributed by atoms with Gasteiger partial charge in [0.1, 0.15) is 0 Å². The first-order chi connectivity index (χ1) is 5.04. The predicted octanol–water partition coefficient (Wildman–Crippen LogP) is 2.34. The molecule has 1 atom stereocenters. The van der Waals surface area contributed by atoms with Crippen molar-refractivity contribution in [2.24, 2.45) is 11.8 Å². The second-order valence-corrected chi connectivity index (χ2v) is 3.50. The van der Waals surface area contributed by atoms with Crippen molar-refractivity contribution in [3.05, 3.63) is 24.3 Å². The van der Waals surface area contributed by atoms with Crippen LogP contribution in [0.5, 0.6) is 0 Å². The Balaban J connectivity index is 2.84. The molecule has 1 saturated carbocycles. The van der Waals surface area contributed by atoms with E-state index in [-0.39, 0.29) is 11.7 Å². The van der Waals surface area contributed by atoms with Crippen molar-refractivity contribution in [2.45, 2.75) is 20.3 Å². The maximum atomic E-state index is 11.4. The van der Waals surface area contributed by atoms with Crippen LogP contribution in [0.4, 0.5) is 0 Å². The van der Waals surface area contributed by atoms with E-state index >= 15 is 0 Å². The summed E-state index contributed by atoms with van der Waals surface area (Å²) in [4.78, 5) is 11.4. The quantitative estimate of drug-likeness (QED) is 0.524. The number of allylic oxidation sites excluding steroid dienone is 2. The van der Waals surface area contributed by atoms with Gasteiger partial charge in [-0.3, -0.25) is 4.79 Å². The van der Waals surface area contributed by atoms with Crippen LogP contribution in [0.2, 0.25) is 0 Å². The van der Waals surface area contributed by atoms with Crippen LogP contribution in [0.3, 0.4) is 0 Å². The molecule has 0 amide bonds. The third-order valence-electron chi connectivity index (χ3n) is 2.33. The number of hydrogen-bond acceptors (Lipinski definition) is 1. The van der Waals surface area contributed by atoms with Gasteiger partial charge in [0.2, 0.25) is 0 Å². The Bertz CT molecular complexity index is 223. The molecule has 0 aliphatic heterocycles. The summed E-state index contributed by atoms with van der Waals surface area (Å²) in [6, 6.07) is 0. The van der Waals surface area contributed by atoms with Crippen molar-refractivity contribution in [2.75, 3.05) is 0 Å². The van der Waals surface area contributed by atoms with Gasteiger partial charge in [0.05, 0.1) is 0 Å². The summed E-state index contributed by atoms with van der Waals surface area (Å²) < 4.78 is 0. The molecule has 0 bridgehead atoms. The van der Waals surface area contributed by atoms with Crippen molar-refractivity contribution in [3.63, 3.8) is 0 Å². The van der Waals surface area contributed by atoms with Gasteiger partial charge in [-0.2, -0.15) is 0 Å². The largest absolute Gasteiger partial charge is 0.294 e. The fraction of sp³-hybridized carbons (Fsp3) is 0.500. The SMILES string of the molecule is C=C1CC(C(C)C)C(=O)C1=C. The summed E-state index contributed by atoms with van der Waals surface area (Å²) in [6.45, 7) is 11.6. The lowest BCUT2D eigenvalue weighted by atomic mass is 9.93. The van der Waals surface area contributed by atoms with Crippen LogP contribution >= 0.6 is 0 Å². The number of ketones is 1. The third-order valence-corrected chi connectivity index (χ3v) is 2.33. The zero-order valence-corrected chi connectivity index (χ0v) is 7.18. The second kappa shape index (κ2) is 2.65. The molecule has 0 saturated heterocycles. The maximum absolute atomic E-state index is 11.4. The molecule has 1 nitrogen and oxygen atoms in total. The minimum atomic E-state index is 0.148. The Morgan fingerprint density at radius 3 is 2.18 bits per heavy atom. The molecule has 0 spiro atoms. The first kappa shape index (κ1) is 8.25. The van der Waals surface area contributed by atoms with Gasteiger partial charge < -0.3 is 0 Å².